The van der Waals surface area contributed by atoms with Crippen LogP contribution in [0.1, 0.15) is 31.7 Å². The molecule has 92 valence electrons. The summed E-state index contributed by atoms with van der Waals surface area (Å²) in [5.41, 5.74) is 0.758. The summed E-state index contributed by atoms with van der Waals surface area (Å²) < 4.78 is 13.9. The number of rotatable bonds is 3. The highest BCUT2D eigenvalue weighted by Crippen LogP contribution is 2.33. The summed E-state index contributed by atoms with van der Waals surface area (Å²) in [6, 6.07) is 4.51. The molecular weight excluding hydrogens is 283 g/mol. The second kappa shape index (κ2) is 5.30. The standard InChI is InChI=1S/C14H16BrFO/c1-9-3-2-4-12(9)14(17)8-10-7-11(16)5-6-13(10)15/h5-7,9,12H,2-4,8H2,1H3. The lowest BCUT2D eigenvalue weighted by Gasteiger charge is -2.14. The molecule has 0 N–H and O–H groups in total. The number of carbonyl (C=O) groups excluding carboxylic acids is 1. The van der Waals surface area contributed by atoms with Gasteiger partial charge in [0.2, 0.25) is 0 Å². The number of ketones is 1. The molecule has 1 aliphatic carbocycles. The van der Waals surface area contributed by atoms with Crippen molar-refractivity contribution in [3.05, 3.63) is 34.1 Å². The van der Waals surface area contributed by atoms with E-state index < -0.39 is 0 Å². The van der Waals surface area contributed by atoms with Crippen molar-refractivity contribution < 1.29 is 9.18 Å². The van der Waals surface area contributed by atoms with Crippen molar-refractivity contribution >= 4 is 21.7 Å². The molecule has 17 heavy (non-hydrogen) atoms. The summed E-state index contributed by atoms with van der Waals surface area (Å²) in [4.78, 5) is 12.1. The monoisotopic (exact) mass is 298 g/mol. The Morgan fingerprint density at radius 2 is 2.24 bits per heavy atom. The third-order valence-corrected chi connectivity index (χ3v) is 4.42. The molecule has 2 rings (SSSR count). The highest BCUT2D eigenvalue weighted by molar-refractivity contribution is 9.10. The van der Waals surface area contributed by atoms with Gasteiger partial charge in [-0.1, -0.05) is 29.3 Å². The summed E-state index contributed by atoms with van der Waals surface area (Å²) >= 11 is 3.36. The topological polar surface area (TPSA) is 17.1 Å². The Kier molecular flexibility index (Phi) is 3.97. The van der Waals surface area contributed by atoms with Crippen LogP contribution in [0.15, 0.2) is 22.7 Å². The molecule has 1 aliphatic rings. The van der Waals surface area contributed by atoms with Gasteiger partial charge in [0.25, 0.3) is 0 Å². The van der Waals surface area contributed by atoms with E-state index in [1.807, 2.05) is 0 Å². The minimum Gasteiger partial charge on any atom is -0.299 e. The van der Waals surface area contributed by atoms with Gasteiger partial charge < -0.3 is 0 Å². The number of hydrogen-bond donors (Lipinski definition) is 0. The second-order valence-electron chi connectivity index (χ2n) is 4.89. The maximum Gasteiger partial charge on any atom is 0.140 e. The van der Waals surface area contributed by atoms with Crippen LogP contribution >= 0.6 is 15.9 Å². The van der Waals surface area contributed by atoms with E-state index in [1.54, 1.807) is 6.07 Å². The van der Waals surface area contributed by atoms with Gasteiger partial charge >= 0.3 is 0 Å². The highest BCUT2D eigenvalue weighted by Gasteiger charge is 2.29. The third kappa shape index (κ3) is 2.95. The van der Waals surface area contributed by atoms with Gasteiger partial charge in [-0.05, 0) is 42.5 Å². The number of benzene rings is 1. The van der Waals surface area contributed by atoms with Gasteiger partial charge in [0.15, 0.2) is 0 Å². The maximum atomic E-state index is 13.1. The zero-order valence-electron chi connectivity index (χ0n) is 9.88. The number of carbonyl (C=O) groups is 1. The van der Waals surface area contributed by atoms with Gasteiger partial charge in [0.05, 0.1) is 0 Å². The molecular formula is C14H16BrFO. The minimum atomic E-state index is -0.282. The van der Waals surface area contributed by atoms with Crippen LogP contribution in [-0.4, -0.2) is 5.78 Å². The lowest BCUT2D eigenvalue weighted by Crippen LogP contribution is -2.19. The van der Waals surface area contributed by atoms with Crippen molar-refractivity contribution in [3.63, 3.8) is 0 Å². The van der Waals surface area contributed by atoms with Crippen molar-refractivity contribution in [1.29, 1.82) is 0 Å². The second-order valence-corrected chi connectivity index (χ2v) is 5.75. The van der Waals surface area contributed by atoms with Gasteiger partial charge in [-0.15, -0.1) is 0 Å². The van der Waals surface area contributed by atoms with Crippen LogP contribution in [0.25, 0.3) is 0 Å². The fourth-order valence-corrected chi connectivity index (χ4v) is 3.01. The zero-order valence-corrected chi connectivity index (χ0v) is 11.5. The van der Waals surface area contributed by atoms with Crippen molar-refractivity contribution in [1.82, 2.24) is 0 Å². The molecule has 0 bridgehead atoms. The molecule has 0 saturated heterocycles. The summed E-state index contributed by atoms with van der Waals surface area (Å²) in [7, 11) is 0. The maximum absolute atomic E-state index is 13.1. The average molecular weight is 299 g/mol. The van der Waals surface area contributed by atoms with Crippen molar-refractivity contribution in [2.24, 2.45) is 11.8 Å². The summed E-state index contributed by atoms with van der Waals surface area (Å²) in [6.45, 7) is 2.14. The van der Waals surface area contributed by atoms with Crippen LogP contribution in [-0.2, 0) is 11.2 Å². The van der Waals surface area contributed by atoms with Crippen LogP contribution in [0, 0.1) is 17.7 Å². The normalized spacial score (nSPS) is 23.9. The quantitative estimate of drug-likeness (QED) is 0.820. The number of halogens is 2. The molecule has 3 heteroatoms. The SMILES string of the molecule is CC1CCCC1C(=O)Cc1cc(F)ccc1Br. The molecule has 2 atom stereocenters. The van der Waals surface area contributed by atoms with Crippen molar-refractivity contribution in [3.8, 4) is 0 Å². The fraction of sp³-hybridized carbons (Fsp3) is 0.500. The largest absolute Gasteiger partial charge is 0.299 e. The Morgan fingerprint density at radius 1 is 1.47 bits per heavy atom. The number of Topliss-reactive ketones (excluding diaryl/α,β-unsaturated/α-hetero) is 1. The highest BCUT2D eigenvalue weighted by atomic mass is 79.9. The molecule has 1 aromatic rings. The predicted octanol–water partition coefficient (Wildman–Crippen LogP) is 4.14. The van der Waals surface area contributed by atoms with E-state index in [9.17, 15) is 9.18 Å². The van der Waals surface area contributed by atoms with Crippen molar-refractivity contribution in [2.75, 3.05) is 0 Å². The lowest BCUT2D eigenvalue weighted by atomic mass is 9.90. The molecule has 1 aromatic carbocycles. The van der Waals surface area contributed by atoms with E-state index in [-0.39, 0.29) is 17.5 Å². The lowest BCUT2D eigenvalue weighted by molar-refractivity contribution is -0.123. The van der Waals surface area contributed by atoms with Crippen LogP contribution in [0.2, 0.25) is 0 Å². The van der Waals surface area contributed by atoms with Crippen molar-refractivity contribution in [2.45, 2.75) is 32.6 Å². The Hall–Kier alpha value is -0.700. The van der Waals surface area contributed by atoms with E-state index in [0.717, 1.165) is 29.3 Å². The molecule has 2 unspecified atom stereocenters. The Labute approximate surface area is 110 Å². The molecule has 0 aromatic heterocycles. The molecule has 0 spiro atoms. The first-order valence-corrected chi connectivity index (χ1v) is 6.84. The molecule has 0 aliphatic heterocycles. The first kappa shape index (κ1) is 12.7. The van der Waals surface area contributed by atoms with Gasteiger partial charge in [-0.2, -0.15) is 0 Å². The first-order valence-electron chi connectivity index (χ1n) is 6.04. The molecule has 0 heterocycles. The smallest absolute Gasteiger partial charge is 0.140 e. The molecule has 1 saturated carbocycles. The number of hydrogen-bond acceptors (Lipinski definition) is 1. The average Bonchev–Trinajstić information content (AvgIpc) is 2.70. The van der Waals surface area contributed by atoms with E-state index >= 15 is 0 Å². The van der Waals surface area contributed by atoms with Crippen LogP contribution in [0.4, 0.5) is 4.39 Å². The molecule has 1 nitrogen and oxygen atoms in total. The Balaban J connectivity index is 2.10. The van der Waals surface area contributed by atoms with Crippen LogP contribution < -0.4 is 0 Å². The summed E-state index contributed by atoms with van der Waals surface area (Å²) in [5, 5.41) is 0. The first-order chi connectivity index (χ1) is 8.08. The Morgan fingerprint density at radius 3 is 2.88 bits per heavy atom. The van der Waals surface area contributed by atoms with Gasteiger partial charge in [-0.3, -0.25) is 4.79 Å². The van der Waals surface area contributed by atoms with Gasteiger partial charge in [-0.25, -0.2) is 4.39 Å². The molecule has 0 radical (unpaired) electrons. The predicted molar refractivity (Wildman–Crippen MR) is 69.3 cm³/mol. The van der Waals surface area contributed by atoms with E-state index in [2.05, 4.69) is 22.9 Å². The van der Waals surface area contributed by atoms with E-state index in [4.69, 9.17) is 0 Å². The van der Waals surface area contributed by atoms with Gasteiger partial charge in [0, 0.05) is 16.8 Å². The summed E-state index contributed by atoms with van der Waals surface area (Å²) in [6.07, 6.45) is 3.61. The van der Waals surface area contributed by atoms with E-state index in [0.29, 0.717) is 12.3 Å². The third-order valence-electron chi connectivity index (χ3n) is 3.65. The molecule has 0 amide bonds. The molecule has 1 fully saturated rings. The zero-order chi connectivity index (χ0) is 12.4. The Bertz CT molecular complexity index is 430. The summed E-state index contributed by atoms with van der Waals surface area (Å²) in [5.74, 6) is 0.622. The van der Waals surface area contributed by atoms with Gasteiger partial charge in [0.1, 0.15) is 11.6 Å². The van der Waals surface area contributed by atoms with Crippen LogP contribution in [0.3, 0.4) is 0 Å². The minimum absolute atomic E-state index is 0.171. The fourth-order valence-electron chi connectivity index (χ4n) is 2.62. The van der Waals surface area contributed by atoms with E-state index in [1.165, 1.54) is 12.1 Å². The van der Waals surface area contributed by atoms with Crippen LogP contribution in [0.5, 0.6) is 0 Å².